The molecule has 1 atom stereocenters. The van der Waals surface area contributed by atoms with Gasteiger partial charge in [0, 0.05) is 6.54 Å². The lowest BCUT2D eigenvalue weighted by atomic mass is 10.1. The van der Waals surface area contributed by atoms with Gasteiger partial charge in [-0.05, 0) is 32.1 Å². The van der Waals surface area contributed by atoms with Crippen LogP contribution < -0.4 is 4.72 Å². The Balaban J connectivity index is 3.07. The molecule has 0 aliphatic carbocycles. The monoisotopic (exact) mass is 317 g/mol. The second-order valence-corrected chi connectivity index (χ2v) is 6.51. The van der Waals surface area contributed by atoms with Crippen molar-refractivity contribution in [2.75, 3.05) is 6.54 Å². The first-order chi connectivity index (χ1) is 10.3. The van der Waals surface area contributed by atoms with Gasteiger partial charge in [-0.25, -0.2) is 8.93 Å². The summed E-state index contributed by atoms with van der Waals surface area (Å²) in [4.78, 5) is 0. The number of unbranched alkanes of at least 4 members (excludes halogenated alkanes) is 11. The molecule has 0 fully saturated rings. The van der Waals surface area contributed by atoms with Crippen LogP contribution in [0.5, 0.6) is 0 Å². The zero-order chi connectivity index (χ0) is 15.6. The average molecular weight is 318 g/mol. The topological polar surface area (TPSA) is 49.3 Å². The third-order valence-electron chi connectivity index (χ3n) is 3.66. The SMILES string of the molecule is CCCCCCCC/C=C\CCCCCCCNS(=O)O. The van der Waals surface area contributed by atoms with Crippen LogP contribution in [0.3, 0.4) is 0 Å². The van der Waals surface area contributed by atoms with Gasteiger partial charge in [0.1, 0.15) is 0 Å². The summed E-state index contributed by atoms with van der Waals surface area (Å²) in [5.41, 5.74) is 0. The van der Waals surface area contributed by atoms with E-state index in [4.69, 9.17) is 4.55 Å². The molecule has 2 N–H and O–H groups in total. The fraction of sp³-hybridized carbons (Fsp3) is 0.882. The molecular formula is C17H35NO2S. The summed E-state index contributed by atoms with van der Waals surface area (Å²) in [6.45, 7) is 2.90. The minimum Gasteiger partial charge on any atom is -0.294 e. The van der Waals surface area contributed by atoms with E-state index in [-0.39, 0.29) is 0 Å². The lowest BCUT2D eigenvalue weighted by Crippen LogP contribution is -2.17. The second-order valence-electron chi connectivity index (χ2n) is 5.73. The molecule has 3 nitrogen and oxygen atoms in total. The van der Waals surface area contributed by atoms with Crippen molar-refractivity contribution in [3.63, 3.8) is 0 Å². The minimum absolute atomic E-state index is 0.640. The summed E-state index contributed by atoms with van der Waals surface area (Å²) in [7, 11) is 0. The van der Waals surface area contributed by atoms with Crippen molar-refractivity contribution >= 4 is 11.3 Å². The predicted molar refractivity (Wildman–Crippen MR) is 93.6 cm³/mol. The maximum Gasteiger partial charge on any atom is 0.231 e. The third kappa shape index (κ3) is 19.8. The third-order valence-corrected chi connectivity index (χ3v) is 4.12. The smallest absolute Gasteiger partial charge is 0.231 e. The quantitative estimate of drug-likeness (QED) is 0.229. The molecule has 0 aliphatic heterocycles. The van der Waals surface area contributed by atoms with E-state index < -0.39 is 11.3 Å². The normalized spacial score (nSPS) is 13.0. The molecule has 4 heteroatoms. The highest BCUT2D eigenvalue weighted by atomic mass is 32.2. The summed E-state index contributed by atoms with van der Waals surface area (Å²) >= 11 is -1.84. The Labute approximate surface area is 134 Å². The first-order valence-corrected chi connectivity index (χ1v) is 9.87. The molecule has 0 radical (unpaired) electrons. The van der Waals surface area contributed by atoms with Gasteiger partial charge in [-0.1, -0.05) is 70.4 Å². The largest absolute Gasteiger partial charge is 0.294 e. The fourth-order valence-electron chi connectivity index (χ4n) is 2.36. The second kappa shape index (κ2) is 17.9. The fourth-order valence-corrected chi connectivity index (χ4v) is 2.67. The highest BCUT2D eigenvalue weighted by molar-refractivity contribution is 7.77. The van der Waals surface area contributed by atoms with Crippen molar-refractivity contribution in [2.45, 2.75) is 90.4 Å². The molecule has 0 saturated heterocycles. The van der Waals surface area contributed by atoms with E-state index in [0.29, 0.717) is 6.54 Å². The zero-order valence-electron chi connectivity index (χ0n) is 13.8. The van der Waals surface area contributed by atoms with Crippen LogP contribution in [0.4, 0.5) is 0 Å². The summed E-state index contributed by atoms with van der Waals surface area (Å²) in [6.07, 6.45) is 21.3. The van der Waals surface area contributed by atoms with Gasteiger partial charge in [0.05, 0.1) is 0 Å². The van der Waals surface area contributed by atoms with Crippen LogP contribution in [0.1, 0.15) is 90.4 Å². The van der Waals surface area contributed by atoms with Crippen LogP contribution in [-0.4, -0.2) is 15.3 Å². The molecule has 126 valence electrons. The van der Waals surface area contributed by atoms with E-state index >= 15 is 0 Å². The Kier molecular flexibility index (Phi) is 17.7. The van der Waals surface area contributed by atoms with Crippen molar-refractivity contribution in [1.29, 1.82) is 0 Å². The molecular weight excluding hydrogens is 282 g/mol. The molecule has 0 aromatic carbocycles. The molecule has 1 unspecified atom stereocenters. The molecule has 0 rings (SSSR count). The van der Waals surface area contributed by atoms with Gasteiger partial charge in [-0.15, -0.1) is 0 Å². The van der Waals surface area contributed by atoms with Crippen LogP contribution in [0.25, 0.3) is 0 Å². The highest BCUT2D eigenvalue weighted by Crippen LogP contribution is 2.09. The molecule has 0 spiro atoms. The average Bonchev–Trinajstić information content (AvgIpc) is 2.46. The predicted octanol–water partition coefficient (Wildman–Crippen LogP) is 5.36. The standard InChI is InChI=1S/C17H35NO2S/c1-2-3-4-5-6-7-8-9-10-11-12-13-14-15-16-17-18-21(19)20/h9-10,18H,2-8,11-17H2,1H3,(H,19,20)/b10-9-. The van der Waals surface area contributed by atoms with E-state index in [1.807, 2.05) is 0 Å². The summed E-state index contributed by atoms with van der Waals surface area (Å²) in [5, 5.41) is 0. The van der Waals surface area contributed by atoms with E-state index in [1.54, 1.807) is 0 Å². The molecule has 0 bridgehead atoms. The van der Waals surface area contributed by atoms with Crippen LogP contribution in [0, 0.1) is 0 Å². The van der Waals surface area contributed by atoms with E-state index in [2.05, 4.69) is 23.8 Å². The van der Waals surface area contributed by atoms with Crippen LogP contribution in [0.2, 0.25) is 0 Å². The Morgan fingerprint density at radius 3 is 1.81 bits per heavy atom. The Morgan fingerprint density at radius 2 is 1.29 bits per heavy atom. The van der Waals surface area contributed by atoms with E-state index in [0.717, 1.165) is 12.8 Å². The molecule has 0 aromatic rings. The van der Waals surface area contributed by atoms with Gasteiger partial charge < -0.3 is 0 Å². The lowest BCUT2D eigenvalue weighted by Gasteiger charge is -2.00. The van der Waals surface area contributed by atoms with Crippen LogP contribution in [0.15, 0.2) is 12.2 Å². The number of nitrogens with one attached hydrogen (secondary N) is 1. The highest BCUT2D eigenvalue weighted by Gasteiger charge is 1.93. The van der Waals surface area contributed by atoms with Crippen molar-refractivity contribution in [2.24, 2.45) is 0 Å². The van der Waals surface area contributed by atoms with Gasteiger partial charge in [0.15, 0.2) is 0 Å². The zero-order valence-corrected chi connectivity index (χ0v) is 14.6. The first-order valence-electron chi connectivity index (χ1n) is 8.76. The molecule has 0 saturated carbocycles. The van der Waals surface area contributed by atoms with Crippen molar-refractivity contribution in [1.82, 2.24) is 4.72 Å². The van der Waals surface area contributed by atoms with Crippen molar-refractivity contribution in [3.8, 4) is 0 Å². The molecule has 0 aliphatic rings. The number of rotatable bonds is 16. The Morgan fingerprint density at radius 1 is 0.810 bits per heavy atom. The van der Waals surface area contributed by atoms with Gasteiger partial charge in [-0.2, -0.15) is 0 Å². The molecule has 0 amide bonds. The number of allylic oxidation sites excluding steroid dienone is 2. The Bertz CT molecular complexity index is 257. The maximum atomic E-state index is 10.3. The van der Waals surface area contributed by atoms with E-state index in [9.17, 15) is 4.21 Å². The number of hydrogen-bond donors (Lipinski definition) is 2. The maximum absolute atomic E-state index is 10.3. The van der Waals surface area contributed by atoms with Crippen molar-refractivity contribution in [3.05, 3.63) is 12.2 Å². The van der Waals surface area contributed by atoms with Gasteiger partial charge >= 0.3 is 0 Å². The summed E-state index contributed by atoms with van der Waals surface area (Å²) < 4.78 is 21.4. The molecule has 21 heavy (non-hydrogen) atoms. The molecule has 0 aromatic heterocycles. The minimum atomic E-state index is -1.84. The van der Waals surface area contributed by atoms with Crippen molar-refractivity contribution < 1.29 is 8.76 Å². The van der Waals surface area contributed by atoms with Gasteiger partial charge in [0.25, 0.3) is 0 Å². The van der Waals surface area contributed by atoms with Gasteiger partial charge in [-0.3, -0.25) is 4.55 Å². The van der Waals surface area contributed by atoms with E-state index in [1.165, 1.54) is 70.6 Å². The summed E-state index contributed by atoms with van der Waals surface area (Å²) in [6, 6.07) is 0. The van der Waals surface area contributed by atoms with Gasteiger partial charge in [0.2, 0.25) is 11.3 Å². The summed E-state index contributed by atoms with van der Waals surface area (Å²) in [5.74, 6) is 0. The first kappa shape index (κ1) is 20.8. The van der Waals surface area contributed by atoms with Crippen LogP contribution in [-0.2, 0) is 11.3 Å². The molecule has 0 heterocycles. The van der Waals surface area contributed by atoms with Crippen LogP contribution >= 0.6 is 0 Å². The Hall–Kier alpha value is -0.190. The number of hydrogen-bond acceptors (Lipinski definition) is 1. The lowest BCUT2D eigenvalue weighted by molar-refractivity contribution is 0.541.